The summed E-state index contributed by atoms with van der Waals surface area (Å²) < 4.78 is 23.3. The average Bonchev–Trinajstić information content (AvgIpc) is 3.41. The fraction of sp³-hybridized carbons (Fsp3) is 0.208. The first kappa shape index (κ1) is 25.1. The Hall–Kier alpha value is -4.01. The molecule has 0 N–H and O–H groups in total. The third kappa shape index (κ3) is 4.73. The molecule has 0 radical (unpaired) electrons. The molecule has 0 atom stereocenters. The van der Waals surface area contributed by atoms with Crippen LogP contribution in [-0.4, -0.2) is 32.2 Å². The minimum absolute atomic E-state index is 0.00412. The van der Waals surface area contributed by atoms with E-state index in [1.807, 2.05) is 19.1 Å². The second kappa shape index (κ2) is 10.3. The SMILES string of the molecule is COc1cc(-c2cc3c(s2)c(=O)n(/C=C/N=Cc2cc(C)nn2C)c(=O)n3CCC#N)c(Cl)cc1F. The summed E-state index contributed by atoms with van der Waals surface area (Å²) in [5.41, 5.74) is 1.23. The van der Waals surface area contributed by atoms with Gasteiger partial charge in [0.1, 0.15) is 4.70 Å². The van der Waals surface area contributed by atoms with Crippen LogP contribution < -0.4 is 16.0 Å². The van der Waals surface area contributed by atoms with Crippen molar-refractivity contribution in [3.63, 3.8) is 0 Å². The zero-order chi connectivity index (χ0) is 26.0. The number of ether oxygens (including phenoxy) is 1. The monoisotopic (exact) mass is 526 g/mol. The Bertz CT molecular complexity index is 1690. The van der Waals surface area contributed by atoms with Crippen molar-refractivity contribution in [3.05, 3.63) is 73.5 Å². The summed E-state index contributed by atoms with van der Waals surface area (Å²) in [6.07, 6.45) is 4.23. The van der Waals surface area contributed by atoms with Gasteiger partial charge in [-0.25, -0.2) is 13.8 Å². The fourth-order valence-corrected chi connectivity index (χ4v) is 5.09. The molecule has 0 aliphatic rings. The lowest BCUT2D eigenvalue weighted by molar-refractivity contribution is 0.387. The Kier molecular flexibility index (Phi) is 7.19. The molecule has 0 aliphatic carbocycles. The van der Waals surface area contributed by atoms with E-state index in [0.29, 0.717) is 16.0 Å². The number of aryl methyl sites for hydroxylation is 3. The number of thiophene rings is 1. The fourth-order valence-electron chi connectivity index (χ4n) is 3.66. The van der Waals surface area contributed by atoms with Crippen molar-refractivity contribution in [2.24, 2.45) is 12.0 Å². The number of benzene rings is 1. The lowest BCUT2D eigenvalue weighted by atomic mass is 10.1. The standard InChI is InChI=1S/C24H20ClFN6O3S/c1-14-9-15(30(2)29-14)13-28-6-8-32-23(33)22-19(31(24(32)34)7-4-5-27)12-21(36-22)16-10-20(35-3)18(26)11-17(16)25/h6,8-13H,4,7H2,1-3H3/b8-6+,28-13?. The summed E-state index contributed by atoms with van der Waals surface area (Å²) >= 11 is 7.38. The number of hydrogen-bond acceptors (Lipinski definition) is 7. The third-order valence-corrected chi connectivity index (χ3v) is 6.81. The molecular weight excluding hydrogens is 507 g/mol. The number of hydrogen-bond donors (Lipinski definition) is 0. The minimum Gasteiger partial charge on any atom is -0.494 e. The van der Waals surface area contributed by atoms with Crippen molar-refractivity contribution in [1.29, 1.82) is 5.26 Å². The van der Waals surface area contributed by atoms with Crippen molar-refractivity contribution in [2.75, 3.05) is 7.11 Å². The van der Waals surface area contributed by atoms with Crippen LogP contribution in [-0.2, 0) is 13.6 Å². The number of aliphatic imine (C=N–C) groups is 1. The molecule has 0 aliphatic heterocycles. The van der Waals surface area contributed by atoms with Gasteiger partial charge in [-0.3, -0.25) is 19.0 Å². The maximum atomic E-state index is 14.0. The highest BCUT2D eigenvalue weighted by Crippen LogP contribution is 2.38. The Morgan fingerprint density at radius 3 is 2.75 bits per heavy atom. The van der Waals surface area contributed by atoms with Gasteiger partial charge in [-0.05, 0) is 31.2 Å². The van der Waals surface area contributed by atoms with Crippen LogP contribution in [0.25, 0.3) is 26.9 Å². The summed E-state index contributed by atoms with van der Waals surface area (Å²) in [7, 11) is 3.12. The van der Waals surface area contributed by atoms with Crippen LogP contribution in [0, 0.1) is 24.1 Å². The number of aromatic nitrogens is 4. The molecule has 0 amide bonds. The van der Waals surface area contributed by atoms with Crippen molar-refractivity contribution >= 4 is 45.6 Å². The smallest absolute Gasteiger partial charge is 0.335 e. The van der Waals surface area contributed by atoms with Gasteiger partial charge in [0, 0.05) is 36.4 Å². The van der Waals surface area contributed by atoms with Crippen molar-refractivity contribution < 1.29 is 9.13 Å². The van der Waals surface area contributed by atoms with Crippen LogP contribution >= 0.6 is 22.9 Å². The largest absolute Gasteiger partial charge is 0.494 e. The van der Waals surface area contributed by atoms with Crippen LogP contribution in [0.15, 0.2) is 45.0 Å². The van der Waals surface area contributed by atoms with E-state index in [4.69, 9.17) is 21.6 Å². The first-order valence-corrected chi connectivity index (χ1v) is 11.8. The number of methoxy groups -OCH3 is 1. The van der Waals surface area contributed by atoms with Gasteiger partial charge in [-0.15, -0.1) is 11.3 Å². The Labute approximate surface area is 213 Å². The summed E-state index contributed by atoms with van der Waals surface area (Å²) in [5, 5.41) is 13.4. The molecule has 0 unspecified atom stereocenters. The van der Waals surface area contributed by atoms with Gasteiger partial charge in [-0.2, -0.15) is 10.4 Å². The summed E-state index contributed by atoms with van der Waals surface area (Å²) in [4.78, 5) is 31.2. The number of halogens is 2. The lowest BCUT2D eigenvalue weighted by Gasteiger charge is -2.07. The Morgan fingerprint density at radius 2 is 2.08 bits per heavy atom. The van der Waals surface area contributed by atoms with Gasteiger partial charge in [0.05, 0.1) is 47.7 Å². The maximum Gasteiger partial charge on any atom is 0.335 e. The molecule has 0 bridgehead atoms. The molecule has 9 nitrogen and oxygen atoms in total. The predicted molar refractivity (Wildman–Crippen MR) is 138 cm³/mol. The average molecular weight is 527 g/mol. The zero-order valence-electron chi connectivity index (χ0n) is 19.5. The molecule has 36 heavy (non-hydrogen) atoms. The Balaban J connectivity index is 1.84. The molecular formula is C24H20ClFN6O3S. The molecule has 3 heterocycles. The first-order valence-electron chi connectivity index (χ1n) is 10.6. The second-order valence-electron chi connectivity index (χ2n) is 7.72. The number of fused-ring (bicyclic) bond motifs is 1. The number of nitriles is 1. The van der Waals surface area contributed by atoms with Crippen LogP contribution in [0.4, 0.5) is 4.39 Å². The second-order valence-corrected chi connectivity index (χ2v) is 9.18. The molecule has 0 spiro atoms. The van der Waals surface area contributed by atoms with E-state index in [1.54, 1.807) is 24.0 Å². The maximum absolute atomic E-state index is 14.0. The van der Waals surface area contributed by atoms with Crippen LogP contribution in [0.1, 0.15) is 17.8 Å². The molecule has 1 aromatic carbocycles. The van der Waals surface area contributed by atoms with Gasteiger partial charge in [0.2, 0.25) is 0 Å². The van der Waals surface area contributed by atoms with E-state index in [-0.39, 0.29) is 28.4 Å². The van der Waals surface area contributed by atoms with Crippen LogP contribution in [0.3, 0.4) is 0 Å². The van der Waals surface area contributed by atoms with E-state index >= 15 is 0 Å². The molecule has 12 heteroatoms. The third-order valence-electron chi connectivity index (χ3n) is 5.35. The molecule has 0 saturated heterocycles. The van der Waals surface area contributed by atoms with E-state index in [0.717, 1.165) is 33.4 Å². The van der Waals surface area contributed by atoms with Crippen LogP contribution in [0.5, 0.6) is 5.75 Å². The van der Waals surface area contributed by atoms with Gasteiger partial charge in [-0.1, -0.05) is 11.6 Å². The lowest BCUT2D eigenvalue weighted by Crippen LogP contribution is -2.36. The number of rotatable bonds is 7. The summed E-state index contributed by atoms with van der Waals surface area (Å²) in [5.74, 6) is -0.622. The van der Waals surface area contributed by atoms with E-state index in [2.05, 4.69) is 10.1 Å². The summed E-state index contributed by atoms with van der Waals surface area (Å²) in [6.45, 7) is 1.93. The molecule has 0 fully saturated rings. The van der Waals surface area contributed by atoms with E-state index < -0.39 is 17.1 Å². The van der Waals surface area contributed by atoms with Crippen molar-refractivity contribution in [2.45, 2.75) is 19.9 Å². The van der Waals surface area contributed by atoms with Gasteiger partial charge < -0.3 is 4.74 Å². The van der Waals surface area contributed by atoms with Gasteiger partial charge in [0.15, 0.2) is 11.6 Å². The minimum atomic E-state index is -0.618. The molecule has 4 aromatic rings. The Morgan fingerprint density at radius 1 is 1.31 bits per heavy atom. The highest BCUT2D eigenvalue weighted by Gasteiger charge is 2.19. The van der Waals surface area contributed by atoms with E-state index in [1.165, 1.54) is 30.1 Å². The topological polar surface area (TPSA) is 107 Å². The highest BCUT2D eigenvalue weighted by molar-refractivity contribution is 7.22. The van der Waals surface area contributed by atoms with Gasteiger partial charge in [0.25, 0.3) is 5.56 Å². The molecule has 3 aromatic heterocycles. The van der Waals surface area contributed by atoms with Gasteiger partial charge >= 0.3 is 5.69 Å². The quantitative estimate of drug-likeness (QED) is 0.335. The molecule has 0 saturated carbocycles. The van der Waals surface area contributed by atoms with E-state index in [9.17, 15) is 14.0 Å². The predicted octanol–water partition coefficient (Wildman–Crippen LogP) is 4.20. The highest BCUT2D eigenvalue weighted by atomic mass is 35.5. The zero-order valence-corrected chi connectivity index (χ0v) is 21.1. The van der Waals surface area contributed by atoms with Crippen molar-refractivity contribution in [3.8, 4) is 22.3 Å². The number of nitrogens with zero attached hydrogens (tertiary/aromatic N) is 6. The molecule has 184 valence electrons. The normalized spacial score (nSPS) is 11.7. The first-order chi connectivity index (χ1) is 17.2. The molecule has 4 rings (SSSR count). The van der Waals surface area contributed by atoms with Crippen molar-refractivity contribution in [1.82, 2.24) is 18.9 Å². The van der Waals surface area contributed by atoms with Crippen LogP contribution in [0.2, 0.25) is 5.02 Å². The summed E-state index contributed by atoms with van der Waals surface area (Å²) in [6, 6.07) is 8.06.